The zero-order valence-corrected chi connectivity index (χ0v) is 17.9. The molecule has 0 radical (unpaired) electrons. The predicted molar refractivity (Wildman–Crippen MR) is 114 cm³/mol. The summed E-state index contributed by atoms with van der Waals surface area (Å²) in [5.41, 5.74) is 0. The van der Waals surface area contributed by atoms with Gasteiger partial charge in [-0.15, -0.1) is 11.6 Å². The van der Waals surface area contributed by atoms with E-state index in [-0.39, 0.29) is 14.9 Å². The third kappa shape index (κ3) is 32.3. The van der Waals surface area contributed by atoms with Crippen molar-refractivity contribution in [2.75, 3.05) is 58.8 Å². The molecular weight excluding hydrogens is 340 g/mol. The molecule has 0 fully saturated rings. The quantitative estimate of drug-likeness (QED) is 0.263. The SMILES string of the molecule is C.C.CCCl.CCN(CC)CC.CC[N+](CC)(CC)CC.COO[O-]. The van der Waals surface area contributed by atoms with Gasteiger partial charge < -0.3 is 14.6 Å². The number of rotatable bonds is 8. The van der Waals surface area contributed by atoms with Gasteiger partial charge in [-0.25, -0.2) is 4.89 Å². The minimum atomic E-state index is 0. The van der Waals surface area contributed by atoms with E-state index in [1.165, 1.54) is 50.3 Å². The van der Waals surface area contributed by atoms with Crippen molar-refractivity contribution >= 4 is 11.6 Å². The van der Waals surface area contributed by atoms with E-state index in [1.54, 1.807) is 0 Å². The molecule has 0 heterocycles. The zero-order valence-electron chi connectivity index (χ0n) is 17.2. The van der Waals surface area contributed by atoms with Crippen molar-refractivity contribution in [1.29, 1.82) is 0 Å². The largest absolute Gasteiger partial charge is 0.692 e. The standard InChI is InChI=1S/C8H20N.C6H15N.C2H5Cl.CH4O3.2CH4/c1-5-9(6-2,7-3)8-4;1-4-7(5-2)6-3;1-2-3;1-3-4-2;;/h5-8H2,1-4H3;4-6H2,1-3H3;2H2,1H3;2H,1H3;2*1H4/q+1;;;;;/p-1. The molecule has 0 aliphatic rings. The normalized spacial score (nSPS) is 9.12. The zero-order chi connectivity index (χ0) is 19.1. The van der Waals surface area contributed by atoms with Crippen LogP contribution in [0.1, 0.15) is 70.2 Å². The van der Waals surface area contributed by atoms with Crippen LogP contribution in [0.2, 0.25) is 0 Å². The van der Waals surface area contributed by atoms with Crippen LogP contribution in [0.4, 0.5) is 0 Å². The molecule has 0 aliphatic carbocycles. The van der Waals surface area contributed by atoms with Crippen LogP contribution < -0.4 is 5.26 Å². The molecule has 0 rings (SSSR count). The second-order valence-corrected chi connectivity index (χ2v) is 5.26. The molecule has 0 aromatic rings. The molecule has 0 amide bonds. The Morgan fingerprint density at radius 3 is 0.960 bits per heavy atom. The van der Waals surface area contributed by atoms with Crippen LogP contribution in [-0.2, 0) is 9.93 Å². The van der Waals surface area contributed by atoms with Crippen LogP contribution in [0, 0.1) is 0 Å². The lowest BCUT2D eigenvalue weighted by Gasteiger charge is -2.34. The van der Waals surface area contributed by atoms with E-state index in [0.717, 1.165) is 13.0 Å². The highest BCUT2D eigenvalue weighted by atomic mass is 35.5. The first kappa shape index (κ1) is 40.0. The smallest absolute Gasteiger partial charge is 0.0757 e. The monoisotopic (exact) mass is 390 g/mol. The molecular formula is C19H51ClN2O3. The van der Waals surface area contributed by atoms with Crippen LogP contribution in [-0.4, -0.2) is 68.2 Å². The minimum absolute atomic E-state index is 0. The first-order valence-corrected chi connectivity index (χ1v) is 9.41. The molecule has 162 valence electrons. The van der Waals surface area contributed by atoms with E-state index in [2.05, 4.69) is 63.3 Å². The van der Waals surface area contributed by atoms with Gasteiger partial charge in [-0.1, -0.05) is 42.5 Å². The number of quaternary nitrogens is 1. The summed E-state index contributed by atoms with van der Waals surface area (Å²) in [6.07, 6.45) is 0. The highest BCUT2D eigenvalue weighted by Crippen LogP contribution is 2.03. The van der Waals surface area contributed by atoms with Crippen molar-refractivity contribution < 1.29 is 19.7 Å². The lowest BCUT2D eigenvalue weighted by molar-refractivity contribution is -0.921. The highest BCUT2D eigenvalue weighted by molar-refractivity contribution is 6.17. The second kappa shape index (κ2) is 35.2. The van der Waals surface area contributed by atoms with E-state index in [4.69, 9.17) is 16.9 Å². The Morgan fingerprint density at radius 1 is 0.760 bits per heavy atom. The summed E-state index contributed by atoms with van der Waals surface area (Å²) in [6, 6.07) is 0. The Kier molecular flexibility index (Phi) is 56.3. The van der Waals surface area contributed by atoms with Crippen molar-refractivity contribution in [1.82, 2.24) is 4.90 Å². The van der Waals surface area contributed by atoms with Gasteiger partial charge in [0.2, 0.25) is 0 Å². The predicted octanol–water partition coefficient (Wildman–Crippen LogP) is 4.59. The Labute approximate surface area is 165 Å². The maximum absolute atomic E-state index is 8.58. The van der Waals surface area contributed by atoms with Crippen molar-refractivity contribution in [3.05, 3.63) is 0 Å². The molecule has 5 nitrogen and oxygen atoms in total. The van der Waals surface area contributed by atoms with Gasteiger partial charge >= 0.3 is 0 Å². The van der Waals surface area contributed by atoms with Crippen molar-refractivity contribution in [2.45, 2.75) is 70.2 Å². The molecule has 0 aromatic carbocycles. The molecule has 0 N–H and O–H groups in total. The molecule has 6 heteroatoms. The third-order valence-electron chi connectivity index (χ3n) is 4.09. The number of hydrogen-bond acceptors (Lipinski definition) is 4. The highest BCUT2D eigenvalue weighted by Gasteiger charge is 2.16. The molecule has 0 saturated carbocycles. The molecule has 0 spiro atoms. The average molecular weight is 391 g/mol. The molecule has 0 aromatic heterocycles. The second-order valence-electron chi connectivity index (χ2n) is 4.73. The Bertz CT molecular complexity index is 155. The lowest BCUT2D eigenvalue weighted by Crippen LogP contribution is -2.47. The molecule has 0 saturated heterocycles. The van der Waals surface area contributed by atoms with Gasteiger partial charge in [0.05, 0.1) is 33.3 Å². The van der Waals surface area contributed by atoms with Crippen molar-refractivity contribution in [3.8, 4) is 0 Å². The van der Waals surface area contributed by atoms with E-state index >= 15 is 0 Å². The van der Waals surface area contributed by atoms with Crippen molar-refractivity contribution in [2.24, 2.45) is 0 Å². The van der Waals surface area contributed by atoms with Crippen LogP contribution >= 0.6 is 11.6 Å². The Hall–Kier alpha value is 0.0900. The molecule has 0 bridgehead atoms. The minimum Gasteiger partial charge on any atom is -0.692 e. The molecule has 25 heavy (non-hydrogen) atoms. The first-order chi connectivity index (χ1) is 10.9. The van der Waals surface area contributed by atoms with Gasteiger partial charge in [0, 0.05) is 5.88 Å². The van der Waals surface area contributed by atoms with E-state index < -0.39 is 0 Å². The topological polar surface area (TPSA) is 44.8 Å². The summed E-state index contributed by atoms with van der Waals surface area (Å²) < 4.78 is 1.28. The van der Waals surface area contributed by atoms with Crippen molar-refractivity contribution in [3.63, 3.8) is 0 Å². The fraction of sp³-hybridized carbons (Fsp3) is 1.00. The maximum atomic E-state index is 8.58. The number of halogens is 1. The number of alkyl halides is 1. The Morgan fingerprint density at radius 2 is 0.960 bits per heavy atom. The van der Waals surface area contributed by atoms with E-state index in [9.17, 15) is 0 Å². The van der Waals surface area contributed by atoms with E-state index in [0.29, 0.717) is 0 Å². The fourth-order valence-corrected chi connectivity index (χ4v) is 2.01. The van der Waals surface area contributed by atoms with Crippen LogP contribution in [0.15, 0.2) is 0 Å². The van der Waals surface area contributed by atoms with E-state index in [1.807, 2.05) is 6.92 Å². The van der Waals surface area contributed by atoms with Gasteiger partial charge in [-0.2, -0.15) is 0 Å². The summed E-state index contributed by atoms with van der Waals surface area (Å²) in [5, 5.41) is 11.4. The van der Waals surface area contributed by atoms with Gasteiger partial charge in [0.25, 0.3) is 0 Å². The summed E-state index contributed by atoms with van der Waals surface area (Å²) in [6.45, 7) is 26.2. The molecule has 0 unspecified atom stereocenters. The van der Waals surface area contributed by atoms with Crippen LogP contribution in [0.5, 0.6) is 0 Å². The van der Waals surface area contributed by atoms with Gasteiger partial charge in [-0.05, 0) is 47.3 Å². The molecule has 0 aliphatic heterocycles. The average Bonchev–Trinajstić information content (AvgIpc) is 2.60. The fourth-order valence-electron chi connectivity index (χ4n) is 2.01. The molecule has 0 atom stereocenters. The van der Waals surface area contributed by atoms with Gasteiger partial charge in [0.15, 0.2) is 0 Å². The van der Waals surface area contributed by atoms with Crippen LogP contribution in [0.25, 0.3) is 0 Å². The summed E-state index contributed by atoms with van der Waals surface area (Å²) >= 11 is 5.00. The van der Waals surface area contributed by atoms with Crippen LogP contribution in [0.3, 0.4) is 0 Å². The summed E-state index contributed by atoms with van der Waals surface area (Å²) in [5.74, 6) is 0.722. The maximum Gasteiger partial charge on any atom is 0.0757 e. The summed E-state index contributed by atoms with van der Waals surface area (Å²) in [7, 11) is 1.15. The third-order valence-corrected chi connectivity index (χ3v) is 4.09. The number of hydrogen-bond donors (Lipinski definition) is 0. The summed E-state index contributed by atoms with van der Waals surface area (Å²) in [4.78, 5) is 5.86. The lowest BCUT2D eigenvalue weighted by atomic mass is 10.3. The first-order valence-electron chi connectivity index (χ1n) is 8.88. The van der Waals surface area contributed by atoms with Gasteiger partial charge in [-0.3, -0.25) is 5.04 Å². The Balaban J connectivity index is -0.0000000507. The van der Waals surface area contributed by atoms with Gasteiger partial charge in [0.1, 0.15) is 0 Å². The number of nitrogens with zero attached hydrogens (tertiary/aromatic N) is 2.